The second-order valence-electron chi connectivity index (χ2n) is 1.59. The number of aldehydes is 1. The fourth-order valence-electron chi connectivity index (χ4n) is 0.507. The van der Waals surface area contributed by atoms with Gasteiger partial charge in [-0.25, -0.2) is 4.98 Å². The van der Waals surface area contributed by atoms with Crippen molar-refractivity contribution in [3.05, 3.63) is 16.5 Å². The van der Waals surface area contributed by atoms with Crippen molar-refractivity contribution in [1.82, 2.24) is 9.97 Å². The minimum Gasteiger partial charge on any atom is -0.337 e. The molecule has 1 aromatic rings. The maximum atomic E-state index is 10.3. The van der Waals surface area contributed by atoms with Crippen molar-refractivity contribution in [2.45, 2.75) is 5.03 Å². The second kappa shape index (κ2) is 2.94. The number of H-pyrrole nitrogens is 1. The van der Waals surface area contributed by atoms with Crippen molar-refractivity contribution in [3.8, 4) is 0 Å². The van der Waals surface area contributed by atoms with Crippen molar-refractivity contribution < 1.29 is 4.79 Å². The molecule has 0 aliphatic heterocycles. The Bertz CT molecular complexity index is 307. The smallest absolute Gasteiger partial charge is 0.155 e. The van der Waals surface area contributed by atoms with Gasteiger partial charge in [-0.3, -0.25) is 4.79 Å². The number of aromatic amines is 1. The van der Waals surface area contributed by atoms with E-state index in [1.54, 1.807) is 0 Å². The van der Waals surface area contributed by atoms with Crippen molar-refractivity contribution in [2.24, 2.45) is 0 Å². The van der Waals surface area contributed by atoms with Gasteiger partial charge in [-0.2, -0.15) is 0 Å². The van der Waals surface area contributed by atoms with Crippen LogP contribution < -0.4 is 0 Å². The fourth-order valence-corrected chi connectivity index (χ4v) is 1.00. The number of nitrogens with one attached hydrogen (secondary N) is 1. The van der Waals surface area contributed by atoms with Gasteiger partial charge in [0, 0.05) is 0 Å². The van der Waals surface area contributed by atoms with E-state index in [-0.39, 0.29) is 0 Å². The molecule has 1 rings (SSSR count). The molecule has 5 heteroatoms. The minimum atomic E-state index is 0.334. The van der Waals surface area contributed by atoms with Gasteiger partial charge in [0.2, 0.25) is 0 Å². The van der Waals surface area contributed by atoms with Crippen LogP contribution in [-0.2, 0) is 0 Å². The highest BCUT2D eigenvalue weighted by molar-refractivity contribution is 7.80. The van der Waals surface area contributed by atoms with E-state index in [0.717, 1.165) is 0 Å². The van der Waals surface area contributed by atoms with E-state index in [1.807, 2.05) is 0 Å². The zero-order valence-corrected chi connectivity index (χ0v) is 6.58. The lowest BCUT2D eigenvalue weighted by molar-refractivity contribution is 0.111. The molecule has 0 bridgehead atoms. The summed E-state index contributed by atoms with van der Waals surface area (Å²) < 4.78 is 0.370. The quantitative estimate of drug-likeness (QED) is 0.290. The predicted octanol–water partition coefficient (Wildman–Crippen LogP) is 1.24. The molecular weight excluding hydrogens is 168 g/mol. The van der Waals surface area contributed by atoms with Crippen LogP contribution in [0.15, 0.2) is 11.4 Å². The molecule has 0 saturated heterocycles. The summed E-state index contributed by atoms with van der Waals surface area (Å²) in [5, 5.41) is 0.360. The normalized spacial score (nSPS) is 9.30. The first-order valence-corrected chi connectivity index (χ1v) is 3.33. The highest BCUT2D eigenvalue weighted by Crippen LogP contribution is 2.06. The van der Waals surface area contributed by atoms with Crippen LogP contribution in [0.25, 0.3) is 0 Å². The van der Waals surface area contributed by atoms with E-state index in [9.17, 15) is 4.79 Å². The van der Waals surface area contributed by atoms with Gasteiger partial charge in [-0.15, -0.1) is 12.6 Å². The predicted molar refractivity (Wildman–Crippen MR) is 42.1 cm³/mol. The molecule has 0 amide bonds. The first kappa shape index (κ1) is 7.43. The molecule has 10 heavy (non-hydrogen) atoms. The lowest BCUT2D eigenvalue weighted by Crippen LogP contribution is -1.90. The molecule has 1 aromatic heterocycles. The first-order valence-electron chi connectivity index (χ1n) is 2.47. The molecular formula is C5H4N2OS2. The Balaban J connectivity index is 3.45. The summed E-state index contributed by atoms with van der Waals surface area (Å²) in [4.78, 5) is 16.6. The summed E-state index contributed by atoms with van der Waals surface area (Å²) in [5.74, 6) is 0. The van der Waals surface area contributed by atoms with Crippen molar-refractivity contribution in [2.75, 3.05) is 0 Å². The van der Waals surface area contributed by atoms with Crippen LogP contribution in [0.1, 0.15) is 10.4 Å². The topological polar surface area (TPSA) is 45.8 Å². The van der Waals surface area contributed by atoms with Crippen LogP contribution in [0.4, 0.5) is 0 Å². The number of thiol groups is 1. The highest BCUT2D eigenvalue weighted by Gasteiger charge is 1.98. The number of aromatic nitrogens is 2. The number of carbonyl (C=O) groups excluding carboxylic acids is 1. The summed E-state index contributed by atoms with van der Waals surface area (Å²) in [7, 11) is 0. The van der Waals surface area contributed by atoms with Gasteiger partial charge < -0.3 is 4.98 Å². The summed E-state index contributed by atoms with van der Waals surface area (Å²) >= 11 is 8.68. The van der Waals surface area contributed by atoms with Crippen LogP contribution in [0, 0.1) is 4.64 Å². The zero-order valence-electron chi connectivity index (χ0n) is 4.87. The van der Waals surface area contributed by atoms with Crippen molar-refractivity contribution in [3.63, 3.8) is 0 Å². The van der Waals surface area contributed by atoms with Crippen LogP contribution >= 0.6 is 24.8 Å². The lowest BCUT2D eigenvalue weighted by Gasteiger charge is -1.92. The average molecular weight is 172 g/mol. The molecule has 52 valence electrons. The first-order chi connectivity index (χ1) is 4.75. The largest absolute Gasteiger partial charge is 0.337 e. The molecule has 0 aliphatic rings. The molecule has 0 radical (unpaired) electrons. The zero-order chi connectivity index (χ0) is 7.56. The molecule has 0 fully saturated rings. The van der Waals surface area contributed by atoms with E-state index >= 15 is 0 Å². The number of hydrogen-bond acceptors (Lipinski definition) is 4. The summed E-state index contributed by atoms with van der Waals surface area (Å²) in [6.45, 7) is 0. The maximum Gasteiger partial charge on any atom is 0.155 e. The SMILES string of the molecule is O=Cc1c(S)nc[nH]c1=S. The summed E-state index contributed by atoms with van der Waals surface area (Å²) in [5.41, 5.74) is 0.334. The molecule has 0 spiro atoms. The summed E-state index contributed by atoms with van der Waals surface area (Å²) in [6, 6.07) is 0. The third-order valence-corrected chi connectivity index (χ3v) is 1.68. The molecule has 0 aromatic carbocycles. The van der Waals surface area contributed by atoms with Gasteiger partial charge in [0.1, 0.15) is 9.67 Å². The molecule has 1 N–H and O–H groups in total. The monoisotopic (exact) mass is 172 g/mol. The van der Waals surface area contributed by atoms with Crippen molar-refractivity contribution >= 4 is 31.1 Å². The molecule has 1 heterocycles. The molecule has 0 aliphatic carbocycles. The standard InChI is InChI=1S/C5H4N2OS2/c8-1-3-4(9)6-2-7-5(3)10/h1-2H,(H2,6,7,9,10). The number of rotatable bonds is 1. The fraction of sp³-hybridized carbons (Fsp3) is 0. The molecule has 0 saturated carbocycles. The van der Waals surface area contributed by atoms with Crippen LogP contribution in [0.5, 0.6) is 0 Å². The van der Waals surface area contributed by atoms with Crippen molar-refractivity contribution in [1.29, 1.82) is 0 Å². The number of hydrogen-bond donors (Lipinski definition) is 2. The third-order valence-electron chi connectivity index (χ3n) is 0.986. The van der Waals surface area contributed by atoms with E-state index in [1.165, 1.54) is 6.33 Å². The Morgan fingerprint density at radius 3 is 2.90 bits per heavy atom. The van der Waals surface area contributed by atoms with Crippen LogP contribution in [0.3, 0.4) is 0 Å². The van der Waals surface area contributed by atoms with Gasteiger partial charge in [-0.05, 0) is 0 Å². The Kier molecular flexibility index (Phi) is 2.18. The van der Waals surface area contributed by atoms with Crippen LogP contribution in [0.2, 0.25) is 0 Å². The average Bonchev–Trinajstić information content (AvgIpc) is 1.88. The van der Waals surface area contributed by atoms with Crippen LogP contribution in [-0.4, -0.2) is 16.3 Å². The Hall–Kier alpha value is -0.680. The lowest BCUT2D eigenvalue weighted by atomic mass is 10.4. The van der Waals surface area contributed by atoms with Gasteiger partial charge in [0.05, 0.1) is 11.9 Å². The van der Waals surface area contributed by atoms with Gasteiger partial charge in [0.15, 0.2) is 6.29 Å². The third kappa shape index (κ3) is 1.25. The molecule has 0 unspecified atom stereocenters. The summed E-state index contributed by atoms with van der Waals surface area (Å²) in [6.07, 6.45) is 2.03. The van der Waals surface area contributed by atoms with Gasteiger partial charge >= 0.3 is 0 Å². The van der Waals surface area contributed by atoms with E-state index in [0.29, 0.717) is 21.5 Å². The number of carbonyl (C=O) groups is 1. The number of nitrogens with zero attached hydrogens (tertiary/aromatic N) is 1. The van der Waals surface area contributed by atoms with E-state index in [2.05, 4.69) is 22.6 Å². The maximum absolute atomic E-state index is 10.3. The van der Waals surface area contributed by atoms with E-state index in [4.69, 9.17) is 12.2 Å². The molecule has 3 nitrogen and oxygen atoms in total. The van der Waals surface area contributed by atoms with E-state index < -0.39 is 0 Å². The Morgan fingerprint density at radius 2 is 2.50 bits per heavy atom. The minimum absolute atomic E-state index is 0.334. The Labute approximate surface area is 67.9 Å². The van der Waals surface area contributed by atoms with Gasteiger partial charge in [0.25, 0.3) is 0 Å². The molecule has 0 atom stereocenters. The van der Waals surface area contributed by atoms with Gasteiger partial charge in [-0.1, -0.05) is 12.2 Å². The highest BCUT2D eigenvalue weighted by atomic mass is 32.1. The second-order valence-corrected chi connectivity index (χ2v) is 2.42. The Morgan fingerprint density at radius 1 is 1.80 bits per heavy atom.